The number of hydrogen-bond donors (Lipinski definition) is 1. The lowest BCUT2D eigenvalue weighted by Gasteiger charge is -2.30. The molecule has 0 spiro atoms. The highest BCUT2D eigenvalue weighted by Gasteiger charge is 2.22. The molecule has 1 aliphatic rings. The summed E-state index contributed by atoms with van der Waals surface area (Å²) >= 11 is 6.04. The molecular formula is C23H25ClN2O3. The van der Waals surface area contributed by atoms with Crippen LogP contribution >= 0.6 is 11.6 Å². The van der Waals surface area contributed by atoms with Crippen molar-refractivity contribution in [2.45, 2.75) is 31.7 Å². The van der Waals surface area contributed by atoms with Gasteiger partial charge in [0.1, 0.15) is 5.75 Å². The zero-order valence-corrected chi connectivity index (χ0v) is 17.2. The lowest BCUT2D eigenvalue weighted by molar-refractivity contribution is -0.192. The van der Waals surface area contributed by atoms with Crippen LogP contribution in [-0.2, 0) is 22.4 Å². The summed E-state index contributed by atoms with van der Waals surface area (Å²) in [5.74, 6) is 0.838. The summed E-state index contributed by atoms with van der Waals surface area (Å²) in [5, 5.41) is 5.33. The third kappa shape index (κ3) is 5.25. The molecule has 2 heterocycles. The van der Waals surface area contributed by atoms with Crippen LogP contribution in [0.15, 0.2) is 54.7 Å². The number of rotatable bonds is 7. The van der Waals surface area contributed by atoms with Gasteiger partial charge in [-0.15, -0.1) is 0 Å². The second-order valence-corrected chi connectivity index (χ2v) is 7.63. The van der Waals surface area contributed by atoms with Crippen molar-refractivity contribution in [2.75, 3.05) is 20.3 Å². The fourth-order valence-corrected chi connectivity index (χ4v) is 3.75. The van der Waals surface area contributed by atoms with E-state index < -0.39 is 0 Å². The predicted octanol–water partition coefficient (Wildman–Crippen LogP) is 4.36. The van der Waals surface area contributed by atoms with Crippen molar-refractivity contribution in [1.29, 1.82) is 0 Å². The van der Waals surface area contributed by atoms with Gasteiger partial charge in [-0.3, -0.25) is 4.98 Å². The van der Waals surface area contributed by atoms with E-state index in [2.05, 4.69) is 22.4 Å². The van der Waals surface area contributed by atoms with Crippen LogP contribution in [0.4, 0.5) is 0 Å². The molecular weight excluding hydrogens is 388 g/mol. The predicted molar refractivity (Wildman–Crippen MR) is 114 cm³/mol. The molecule has 1 aliphatic heterocycles. The fourth-order valence-electron chi connectivity index (χ4n) is 3.54. The first-order valence-corrected chi connectivity index (χ1v) is 10.2. The largest absolute Gasteiger partial charge is 0.497 e. The van der Waals surface area contributed by atoms with E-state index in [0.29, 0.717) is 13.2 Å². The lowest BCUT2D eigenvalue weighted by Crippen LogP contribution is -2.44. The van der Waals surface area contributed by atoms with Gasteiger partial charge in [-0.25, -0.2) is 0 Å². The standard InChI is InChI=1S/C23H25ClN2O3/c1-27-20-6-7-22-21(12-20)17(9-10-25-22)5-8-23-28-14-19(15-29-23)26-13-16-3-2-4-18(24)11-16/h2-4,6-7,9-12,19,23,26H,5,8,13-15H2,1H3. The molecule has 1 aromatic heterocycles. The third-order valence-electron chi connectivity index (χ3n) is 5.14. The second-order valence-electron chi connectivity index (χ2n) is 7.20. The Morgan fingerprint density at radius 2 is 2.00 bits per heavy atom. The highest BCUT2D eigenvalue weighted by atomic mass is 35.5. The molecule has 3 aromatic rings. The Bertz CT molecular complexity index is 958. The van der Waals surface area contributed by atoms with E-state index in [-0.39, 0.29) is 12.3 Å². The number of aryl methyl sites for hydroxylation is 1. The van der Waals surface area contributed by atoms with Crippen LogP contribution in [0.5, 0.6) is 5.75 Å². The first-order valence-electron chi connectivity index (χ1n) is 9.84. The molecule has 0 bridgehead atoms. The van der Waals surface area contributed by atoms with Crippen LogP contribution in [0.3, 0.4) is 0 Å². The Kier molecular flexibility index (Phi) is 6.62. The Morgan fingerprint density at radius 3 is 2.79 bits per heavy atom. The Hall–Kier alpha value is -2.18. The second kappa shape index (κ2) is 9.55. The average Bonchev–Trinajstić information content (AvgIpc) is 2.76. The lowest BCUT2D eigenvalue weighted by atomic mass is 10.0. The third-order valence-corrected chi connectivity index (χ3v) is 5.37. The first kappa shape index (κ1) is 20.1. The van der Waals surface area contributed by atoms with Crippen molar-refractivity contribution >= 4 is 22.5 Å². The van der Waals surface area contributed by atoms with E-state index in [1.54, 1.807) is 7.11 Å². The summed E-state index contributed by atoms with van der Waals surface area (Å²) < 4.78 is 17.2. The normalized spacial score (nSPS) is 19.4. The molecule has 1 saturated heterocycles. The van der Waals surface area contributed by atoms with Gasteiger partial charge in [-0.2, -0.15) is 0 Å². The Balaban J connectivity index is 1.27. The molecule has 0 unspecified atom stereocenters. The molecule has 0 saturated carbocycles. The van der Waals surface area contributed by atoms with Gasteiger partial charge in [0.15, 0.2) is 6.29 Å². The molecule has 1 fully saturated rings. The molecule has 5 nitrogen and oxygen atoms in total. The van der Waals surface area contributed by atoms with Gasteiger partial charge in [0.25, 0.3) is 0 Å². The topological polar surface area (TPSA) is 52.6 Å². The van der Waals surface area contributed by atoms with Crippen LogP contribution in [-0.4, -0.2) is 37.6 Å². The van der Waals surface area contributed by atoms with Crippen molar-refractivity contribution in [3.63, 3.8) is 0 Å². The number of nitrogens with one attached hydrogen (secondary N) is 1. The van der Waals surface area contributed by atoms with Gasteiger partial charge < -0.3 is 19.5 Å². The summed E-state index contributed by atoms with van der Waals surface area (Å²) in [4.78, 5) is 4.44. The number of aromatic nitrogens is 1. The van der Waals surface area contributed by atoms with Crippen molar-refractivity contribution < 1.29 is 14.2 Å². The number of hydrogen-bond acceptors (Lipinski definition) is 5. The Labute approximate surface area is 175 Å². The van der Waals surface area contributed by atoms with Crippen LogP contribution in [0.1, 0.15) is 17.5 Å². The van der Waals surface area contributed by atoms with E-state index in [1.807, 2.05) is 42.6 Å². The molecule has 2 aromatic carbocycles. The maximum Gasteiger partial charge on any atom is 0.158 e. The number of nitrogens with zero attached hydrogens (tertiary/aromatic N) is 1. The zero-order valence-electron chi connectivity index (χ0n) is 16.4. The van der Waals surface area contributed by atoms with Gasteiger partial charge in [-0.1, -0.05) is 23.7 Å². The summed E-state index contributed by atoms with van der Waals surface area (Å²) in [6.07, 6.45) is 3.32. The summed E-state index contributed by atoms with van der Waals surface area (Å²) in [5.41, 5.74) is 3.35. The molecule has 6 heteroatoms. The number of benzene rings is 2. The number of halogens is 1. The van der Waals surface area contributed by atoms with Crippen molar-refractivity contribution in [1.82, 2.24) is 10.3 Å². The first-order chi connectivity index (χ1) is 14.2. The number of pyridine rings is 1. The minimum Gasteiger partial charge on any atom is -0.497 e. The zero-order chi connectivity index (χ0) is 20.1. The van der Waals surface area contributed by atoms with Crippen LogP contribution in [0, 0.1) is 0 Å². The van der Waals surface area contributed by atoms with E-state index in [4.69, 9.17) is 25.8 Å². The summed E-state index contributed by atoms with van der Waals surface area (Å²) in [6.45, 7) is 2.01. The van der Waals surface area contributed by atoms with Gasteiger partial charge in [0.2, 0.25) is 0 Å². The fraction of sp³-hybridized carbons (Fsp3) is 0.348. The van der Waals surface area contributed by atoms with Crippen LogP contribution in [0.25, 0.3) is 10.9 Å². The van der Waals surface area contributed by atoms with Crippen LogP contribution in [0.2, 0.25) is 5.02 Å². The molecule has 0 atom stereocenters. The number of methoxy groups -OCH3 is 1. The van der Waals surface area contributed by atoms with Crippen molar-refractivity contribution in [3.05, 3.63) is 70.9 Å². The summed E-state index contributed by atoms with van der Waals surface area (Å²) in [6, 6.07) is 16.1. The van der Waals surface area contributed by atoms with Gasteiger partial charge in [0.05, 0.1) is 31.9 Å². The van der Waals surface area contributed by atoms with E-state index in [1.165, 1.54) is 5.56 Å². The smallest absolute Gasteiger partial charge is 0.158 e. The van der Waals surface area contributed by atoms with E-state index in [0.717, 1.165) is 46.6 Å². The molecule has 0 radical (unpaired) electrons. The molecule has 4 rings (SSSR count). The maximum absolute atomic E-state index is 6.04. The van der Waals surface area contributed by atoms with E-state index in [9.17, 15) is 0 Å². The van der Waals surface area contributed by atoms with Crippen molar-refractivity contribution in [3.8, 4) is 5.75 Å². The van der Waals surface area contributed by atoms with E-state index >= 15 is 0 Å². The molecule has 0 aliphatic carbocycles. The van der Waals surface area contributed by atoms with Crippen LogP contribution < -0.4 is 10.1 Å². The molecule has 29 heavy (non-hydrogen) atoms. The molecule has 0 amide bonds. The Morgan fingerprint density at radius 1 is 1.14 bits per heavy atom. The SMILES string of the molecule is COc1ccc2nccc(CCC3OCC(NCc4cccc(Cl)c4)CO3)c2c1. The quantitative estimate of drug-likeness (QED) is 0.624. The maximum atomic E-state index is 6.04. The highest BCUT2D eigenvalue weighted by Crippen LogP contribution is 2.24. The summed E-state index contributed by atoms with van der Waals surface area (Å²) in [7, 11) is 1.68. The number of ether oxygens (including phenoxy) is 3. The number of fused-ring (bicyclic) bond motifs is 1. The van der Waals surface area contributed by atoms with Gasteiger partial charge in [0, 0.05) is 29.6 Å². The molecule has 1 N–H and O–H groups in total. The monoisotopic (exact) mass is 412 g/mol. The average molecular weight is 413 g/mol. The van der Waals surface area contributed by atoms with Crippen molar-refractivity contribution in [2.24, 2.45) is 0 Å². The highest BCUT2D eigenvalue weighted by molar-refractivity contribution is 6.30. The molecule has 152 valence electrons. The van der Waals surface area contributed by atoms with Gasteiger partial charge >= 0.3 is 0 Å². The van der Waals surface area contributed by atoms with Gasteiger partial charge in [-0.05, 0) is 53.9 Å². The minimum absolute atomic E-state index is 0.177. The minimum atomic E-state index is -0.187.